The monoisotopic (exact) mass is 245 g/mol. The number of hydrogen-bond donors (Lipinski definition) is 2. The van der Waals surface area contributed by atoms with Gasteiger partial charge in [0.2, 0.25) is 0 Å². The molecule has 102 valence electrons. The average molecular weight is 245 g/mol. The minimum absolute atomic E-state index is 0.395. The SMILES string of the molecule is CC(C)COCC(O)CNCCC1CCOC1. The first-order valence-electron chi connectivity index (χ1n) is 6.72. The minimum Gasteiger partial charge on any atom is -0.389 e. The van der Waals surface area contributed by atoms with Crippen LogP contribution in [0.15, 0.2) is 0 Å². The summed E-state index contributed by atoms with van der Waals surface area (Å²) in [6, 6.07) is 0. The van der Waals surface area contributed by atoms with Crippen LogP contribution in [-0.2, 0) is 9.47 Å². The molecule has 1 rings (SSSR count). The van der Waals surface area contributed by atoms with Gasteiger partial charge in [-0.15, -0.1) is 0 Å². The summed E-state index contributed by atoms with van der Waals surface area (Å²) in [6.07, 6.45) is 1.93. The lowest BCUT2D eigenvalue weighted by molar-refractivity contribution is 0.0261. The Balaban J connectivity index is 1.87. The normalized spacial score (nSPS) is 22.2. The standard InChI is InChI=1S/C13H27NO3/c1-11(2)8-17-10-13(15)7-14-5-3-12-4-6-16-9-12/h11-15H,3-10H2,1-2H3. The number of hydrogen-bond acceptors (Lipinski definition) is 4. The second-order valence-electron chi connectivity index (χ2n) is 5.31. The van der Waals surface area contributed by atoms with Crippen LogP contribution in [0.5, 0.6) is 0 Å². The molecule has 0 bridgehead atoms. The molecule has 2 N–H and O–H groups in total. The quantitative estimate of drug-likeness (QED) is 0.596. The molecule has 17 heavy (non-hydrogen) atoms. The minimum atomic E-state index is -0.395. The summed E-state index contributed by atoms with van der Waals surface area (Å²) in [5, 5.41) is 12.9. The lowest BCUT2D eigenvalue weighted by Gasteiger charge is -2.14. The Hall–Kier alpha value is -0.160. The van der Waals surface area contributed by atoms with Gasteiger partial charge in [0.1, 0.15) is 0 Å². The first-order chi connectivity index (χ1) is 8.18. The summed E-state index contributed by atoms with van der Waals surface area (Å²) in [5.41, 5.74) is 0. The van der Waals surface area contributed by atoms with Gasteiger partial charge in [-0.25, -0.2) is 0 Å². The van der Waals surface area contributed by atoms with Crippen LogP contribution in [0.4, 0.5) is 0 Å². The molecule has 0 aromatic carbocycles. The first-order valence-corrected chi connectivity index (χ1v) is 6.72. The van der Waals surface area contributed by atoms with E-state index in [0.29, 0.717) is 25.0 Å². The average Bonchev–Trinajstić information content (AvgIpc) is 2.76. The van der Waals surface area contributed by atoms with Crippen LogP contribution in [0.3, 0.4) is 0 Å². The summed E-state index contributed by atoms with van der Waals surface area (Å²) in [7, 11) is 0. The van der Waals surface area contributed by atoms with Gasteiger partial charge in [-0.2, -0.15) is 0 Å². The highest BCUT2D eigenvalue weighted by atomic mass is 16.5. The predicted octanol–water partition coefficient (Wildman–Crippen LogP) is 1.04. The van der Waals surface area contributed by atoms with Crippen molar-refractivity contribution in [3.8, 4) is 0 Å². The fourth-order valence-corrected chi connectivity index (χ4v) is 1.88. The molecule has 1 heterocycles. The number of aliphatic hydroxyl groups is 1. The molecular formula is C13H27NO3. The van der Waals surface area contributed by atoms with Crippen molar-refractivity contribution in [3.05, 3.63) is 0 Å². The van der Waals surface area contributed by atoms with Crippen LogP contribution in [0.25, 0.3) is 0 Å². The van der Waals surface area contributed by atoms with Gasteiger partial charge in [0.15, 0.2) is 0 Å². The Morgan fingerprint density at radius 1 is 1.41 bits per heavy atom. The van der Waals surface area contributed by atoms with Gasteiger partial charge in [0, 0.05) is 26.4 Å². The fraction of sp³-hybridized carbons (Fsp3) is 1.00. The Morgan fingerprint density at radius 2 is 2.24 bits per heavy atom. The van der Waals surface area contributed by atoms with Crippen molar-refractivity contribution in [1.82, 2.24) is 5.32 Å². The zero-order valence-corrected chi connectivity index (χ0v) is 11.2. The van der Waals surface area contributed by atoms with E-state index in [1.165, 1.54) is 6.42 Å². The number of rotatable bonds is 9. The van der Waals surface area contributed by atoms with Crippen molar-refractivity contribution in [2.75, 3.05) is 39.5 Å². The second kappa shape index (κ2) is 8.86. The molecular weight excluding hydrogens is 218 g/mol. The van der Waals surface area contributed by atoms with Gasteiger partial charge in [0.25, 0.3) is 0 Å². The van der Waals surface area contributed by atoms with E-state index in [4.69, 9.17) is 9.47 Å². The number of ether oxygens (including phenoxy) is 2. The molecule has 0 aromatic rings. The molecule has 4 heteroatoms. The van der Waals surface area contributed by atoms with Gasteiger partial charge in [-0.1, -0.05) is 13.8 Å². The van der Waals surface area contributed by atoms with E-state index in [2.05, 4.69) is 19.2 Å². The highest BCUT2D eigenvalue weighted by Crippen LogP contribution is 2.14. The van der Waals surface area contributed by atoms with Crippen LogP contribution >= 0.6 is 0 Å². The molecule has 1 aliphatic heterocycles. The van der Waals surface area contributed by atoms with E-state index in [1.807, 2.05) is 0 Å². The van der Waals surface area contributed by atoms with Crippen molar-refractivity contribution < 1.29 is 14.6 Å². The molecule has 1 fully saturated rings. The highest BCUT2D eigenvalue weighted by molar-refractivity contribution is 4.66. The Labute approximate surface area is 105 Å². The summed E-state index contributed by atoms with van der Waals surface area (Å²) in [6.45, 7) is 8.75. The molecule has 0 aromatic heterocycles. The molecule has 0 spiro atoms. The van der Waals surface area contributed by atoms with Gasteiger partial charge in [0.05, 0.1) is 12.7 Å². The van der Waals surface area contributed by atoms with Crippen molar-refractivity contribution in [1.29, 1.82) is 0 Å². The lowest BCUT2D eigenvalue weighted by atomic mass is 10.1. The molecule has 2 atom stereocenters. The topological polar surface area (TPSA) is 50.7 Å². The van der Waals surface area contributed by atoms with Gasteiger partial charge in [-0.3, -0.25) is 0 Å². The third kappa shape index (κ3) is 7.71. The van der Waals surface area contributed by atoms with Crippen molar-refractivity contribution in [2.45, 2.75) is 32.8 Å². The Morgan fingerprint density at radius 3 is 2.88 bits per heavy atom. The third-order valence-corrected chi connectivity index (χ3v) is 2.89. The lowest BCUT2D eigenvalue weighted by Crippen LogP contribution is -2.32. The van der Waals surface area contributed by atoms with E-state index in [9.17, 15) is 5.11 Å². The largest absolute Gasteiger partial charge is 0.389 e. The second-order valence-corrected chi connectivity index (χ2v) is 5.31. The van der Waals surface area contributed by atoms with Crippen LogP contribution in [0, 0.1) is 11.8 Å². The Kier molecular flexibility index (Phi) is 7.77. The third-order valence-electron chi connectivity index (χ3n) is 2.89. The van der Waals surface area contributed by atoms with Crippen LogP contribution in [0.1, 0.15) is 26.7 Å². The van der Waals surface area contributed by atoms with E-state index in [-0.39, 0.29) is 0 Å². The van der Waals surface area contributed by atoms with Crippen LogP contribution in [-0.4, -0.2) is 50.7 Å². The molecule has 1 saturated heterocycles. The van der Waals surface area contributed by atoms with Gasteiger partial charge in [-0.05, 0) is 31.2 Å². The van der Waals surface area contributed by atoms with Crippen LogP contribution < -0.4 is 5.32 Å². The van der Waals surface area contributed by atoms with E-state index >= 15 is 0 Å². The number of aliphatic hydroxyl groups excluding tert-OH is 1. The summed E-state index contributed by atoms with van der Waals surface area (Å²) >= 11 is 0. The van der Waals surface area contributed by atoms with Crippen LogP contribution in [0.2, 0.25) is 0 Å². The zero-order chi connectivity index (χ0) is 12.5. The fourth-order valence-electron chi connectivity index (χ4n) is 1.88. The summed E-state index contributed by atoms with van der Waals surface area (Å²) in [5.74, 6) is 1.23. The molecule has 0 amide bonds. The van der Waals surface area contributed by atoms with Crippen molar-refractivity contribution in [3.63, 3.8) is 0 Å². The van der Waals surface area contributed by atoms with E-state index < -0.39 is 6.10 Å². The Bertz CT molecular complexity index is 182. The first kappa shape index (κ1) is 14.9. The maximum Gasteiger partial charge on any atom is 0.0897 e. The molecule has 0 saturated carbocycles. The zero-order valence-electron chi connectivity index (χ0n) is 11.2. The molecule has 0 radical (unpaired) electrons. The summed E-state index contributed by atoms with van der Waals surface area (Å²) in [4.78, 5) is 0. The maximum atomic E-state index is 9.64. The predicted molar refractivity (Wildman–Crippen MR) is 68.1 cm³/mol. The van der Waals surface area contributed by atoms with Gasteiger partial charge >= 0.3 is 0 Å². The van der Waals surface area contributed by atoms with Crippen molar-refractivity contribution >= 4 is 0 Å². The smallest absolute Gasteiger partial charge is 0.0897 e. The molecule has 2 unspecified atom stereocenters. The highest BCUT2D eigenvalue weighted by Gasteiger charge is 2.14. The molecule has 0 aliphatic carbocycles. The van der Waals surface area contributed by atoms with E-state index in [0.717, 1.165) is 32.8 Å². The van der Waals surface area contributed by atoms with Crippen molar-refractivity contribution in [2.24, 2.45) is 11.8 Å². The molecule has 4 nitrogen and oxygen atoms in total. The van der Waals surface area contributed by atoms with E-state index in [1.54, 1.807) is 0 Å². The number of nitrogens with one attached hydrogen (secondary N) is 1. The maximum absolute atomic E-state index is 9.64. The van der Waals surface area contributed by atoms with Gasteiger partial charge < -0.3 is 19.9 Å². The summed E-state index contributed by atoms with van der Waals surface area (Å²) < 4.78 is 10.7. The molecule has 1 aliphatic rings.